The first kappa shape index (κ1) is 15.2. The lowest BCUT2D eigenvalue weighted by atomic mass is 10.1. The van der Waals surface area contributed by atoms with Gasteiger partial charge < -0.3 is 5.32 Å². The zero-order valence-corrected chi connectivity index (χ0v) is 12.5. The largest absolute Gasteiger partial charge is 0.316 e. The molecule has 0 fully saturated rings. The number of nitrogens with one attached hydrogen (secondary N) is 1. The van der Waals surface area contributed by atoms with Gasteiger partial charge in [0.2, 0.25) is 0 Å². The van der Waals surface area contributed by atoms with Crippen LogP contribution < -0.4 is 5.32 Å². The molecule has 0 aliphatic rings. The smallest absolute Gasteiger partial charge is 0.0236 e. The van der Waals surface area contributed by atoms with Crippen LogP contribution in [0.1, 0.15) is 38.8 Å². The molecule has 2 heteroatoms. The van der Waals surface area contributed by atoms with E-state index in [1.165, 1.54) is 11.1 Å². The van der Waals surface area contributed by atoms with E-state index in [4.69, 9.17) is 0 Å². The van der Waals surface area contributed by atoms with Gasteiger partial charge >= 0.3 is 0 Å². The third-order valence-corrected chi connectivity index (χ3v) is 3.09. The van der Waals surface area contributed by atoms with Crippen molar-refractivity contribution in [2.45, 2.75) is 46.8 Å². The predicted octanol–water partition coefficient (Wildman–Crippen LogP) is 3.27. The number of benzene rings is 1. The van der Waals surface area contributed by atoms with Crippen LogP contribution in [0.2, 0.25) is 0 Å². The number of hydrogen-bond acceptors (Lipinski definition) is 2. The fraction of sp³-hybridized carbons (Fsp3) is 0.625. The predicted molar refractivity (Wildman–Crippen MR) is 79.6 cm³/mol. The third kappa shape index (κ3) is 5.19. The van der Waals surface area contributed by atoms with Crippen LogP contribution >= 0.6 is 0 Å². The summed E-state index contributed by atoms with van der Waals surface area (Å²) in [5.74, 6) is 0.716. The summed E-state index contributed by atoms with van der Waals surface area (Å²) in [5, 5.41) is 3.21. The van der Waals surface area contributed by atoms with Crippen LogP contribution in [0.3, 0.4) is 0 Å². The van der Waals surface area contributed by atoms with E-state index in [-0.39, 0.29) is 0 Å². The van der Waals surface area contributed by atoms with Crippen molar-refractivity contribution in [1.82, 2.24) is 10.2 Å². The zero-order valence-electron chi connectivity index (χ0n) is 12.5. The molecule has 0 bridgehead atoms. The molecule has 0 amide bonds. The molecule has 18 heavy (non-hydrogen) atoms. The molecule has 1 aromatic rings. The van der Waals surface area contributed by atoms with Gasteiger partial charge in [-0.15, -0.1) is 0 Å². The summed E-state index contributed by atoms with van der Waals surface area (Å²) in [4.78, 5) is 2.54. The Morgan fingerprint density at radius 2 is 1.78 bits per heavy atom. The van der Waals surface area contributed by atoms with Crippen LogP contribution in [0.4, 0.5) is 0 Å². The monoisotopic (exact) mass is 248 g/mol. The fourth-order valence-electron chi connectivity index (χ4n) is 2.20. The molecular weight excluding hydrogens is 220 g/mol. The minimum absolute atomic E-state index is 0.598. The Morgan fingerprint density at radius 3 is 2.33 bits per heavy atom. The summed E-state index contributed by atoms with van der Waals surface area (Å²) in [7, 11) is 1.99. The SMILES string of the molecule is CNCc1cccc(CN(CC(C)C)C(C)C)c1. The van der Waals surface area contributed by atoms with E-state index < -0.39 is 0 Å². The Bertz CT molecular complexity index is 345. The first-order valence-corrected chi connectivity index (χ1v) is 6.99. The topological polar surface area (TPSA) is 15.3 Å². The second-order valence-electron chi connectivity index (χ2n) is 5.77. The molecule has 0 spiro atoms. The van der Waals surface area contributed by atoms with E-state index in [1.807, 2.05) is 7.05 Å². The highest BCUT2D eigenvalue weighted by atomic mass is 15.1. The van der Waals surface area contributed by atoms with Gasteiger partial charge in [0.15, 0.2) is 0 Å². The van der Waals surface area contributed by atoms with E-state index in [1.54, 1.807) is 0 Å². The average molecular weight is 248 g/mol. The van der Waals surface area contributed by atoms with Gasteiger partial charge in [-0.25, -0.2) is 0 Å². The quantitative estimate of drug-likeness (QED) is 0.796. The van der Waals surface area contributed by atoms with Crippen molar-refractivity contribution in [2.24, 2.45) is 5.92 Å². The van der Waals surface area contributed by atoms with Crippen molar-refractivity contribution in [1.29, 1.82) is 0 Å². The first-order chi connectivity index (χ1) is 8.52. The van der Waals surface area contributed by atoms with Crippen LogP contribution in [-0.4, -0.2) is 24.5 Å². The normalized spacial score (nSPS) is 11.8. The lowest BCUT2D eigenvalue weighted by Gasteiger charge is -2.28. The number of nitrogens with zero attached hydrogens (tertiary/aromatic N) is 1. The van der Waals surface area contributed by atoms with E-state index in [0.29, 0.717) is 12.0 Å². The molecule has 1 aromatic carbocycles. The highest BCUT2D eigenvalue weighted by molar-refractivity contribution is 5.23. The molecule has 0 saturated heterocycles. The fourth-order valence-corrected chi connectivity index (χ4v) is 2.20. The van der Waals surface area contributed by atoms with Crippen molar-refractivity contribution in [3.05, 3.63) is 35.4 Å². The van der Waals surface area contributed by atoms with Crippen LogP contribution in [0, 0.1) is 5.92 Å². The molecule has 0 radical (unpaired) electrons. The van der Waals surface area contributed by atoms with Crippen molar-refractivity contribution >= 4 is 0 Å². The second kappa shape index (κ2) is 7.55. The molecule has 1 rings (SSSR count). The maximum absolute atomic E-state index is 3.21. The van der Waals surface area contributed by atoms with Crippen LogP contribution in [0.5, 0.6) is 0 Å². The maximum Gasteiger partial charge on any atom is 0.0236 e. The Kier molecular flexibility index (Phi) is 6.37. The van der Waals surface area contributed by atoms with Crippen molar-refractivity contribution in [2.75, 3.05) is 13.6 Å². The summed E-state index contributed by atoms with van der Waals surface area (Å²) in [6, 6.07) is 9.49. The molecular formula is C16H28N2. The molecule has 0 unspecified atom stereocenters. The van der Waals surface area contributed by atoms with Crippen LogP contribution in [0.15, 0.2) is 24.3 Å². The van der Waals surface area contributed by atoms with E-state index >= 15 is 0 Å². The van der Waals surface area contributed by atoms with Gasteiger partial charge in [0, 0.05) is 25.7 Å². The standard InChI is InChI=1S/C16H28N2/c1-13(2)11-18(14(3)4)12-16-8-6-7-15(9-16)10-17-5/h6-9,13-14,17H,10-12H2,1-5H3. The molecule has 102 valence electrons. The summed E-state index contributed by atoms with van der Waals surface area (Å²) in [5.41, 5.74) is 2.78. The second-order valence-corrected chi connectivity index (χ2v) is 5.77. The minimum Gasteiger partial charge on any atom is -0.316 e. The summed E-state index contributed by atoms with van der Waals surface area (Å²) < 4.78 is 0. The van der Waals surface area contributed by atoms with Gasteiger partial charge in [0.05, 0.1) is 0 Å². The van der Waals surface area contributed by atoms with E-state index in [0.717, 1.165) is 19.6 Å². The van der Waals surface area contributed by atoms with Crippen molar-refractivity contribution in [3.8, 4) is 0 Å². The number of rotatable bonds is 7. The van der Waals surface area contributed by atoms with Gasteiger partial charge in [-0.3, -0.25) is 4.90 Å². The summed E-state index contributed by atoms with van der Waals surface area (Å²) in [6.07, 6.45) is 0. The molecule has 0 saturated carbocycles. The zero-order chi connectivity index (χ0) is 13.5. The van der Waals surface area contributed by atoms with Gasteiger partial charge in [0.25, 0.3) is 0 Å². The Balaban J connectivity index is 2.70. The molecule has 0 aliphatic heterocycles. The first-order valence-electron chi connectivity index (χ1n) is 6.99. The van der Waals surface area contributed by atoms with E-state index in [2.05, 4.69) is 62.2 Å². The molecule has 2 nitrogen and oxygen atoms in total. The maximum atomic E-state index is 3.21. The highest BCUT2D eigenvalue weighted by Crippen LogP contribution is 2.12. The Hall–Kier alpha value is -0.860. The molecule has 1 N–H and O–H groups in total. The summed E-state index contributed by atoms with van der Waals surface area (Å²) >= 11 is 0. The van der Waals surface area contributed by atoms with Crippen molar-refractivity contribution in [3.63, 3.8) is 0 Å². The lowest BCUT2D eigenvalue weighted by molar-refractivity contribution is 0.189. The lowest BCUT2D eigenvalue weighted by Crippen LogP contribution is -2.33. The summed E-state index contributed by atoms with van der Waals surface area (Å²) in [6.45, 7) is 12.3. The highest BCUT2D eigenvalue weighted by Gasteiger charge is 2.11. The minimum atomic E-state index is 0.598. The van der Waals surface area contributed by atoms with Crippen molar-refractivity contribution < 1.29 is 0 Å². The van der Waals surface area contributed by atoms with Gasteiger partial charge in [-0.2, -0.15) is 0 Å². The Labute approximate surface area is 112 Å². The number of hydrogen-bond donors (Lipinski definition) is 1. The van der Waals surface area contributed by atoms with Crippen LogP contribution in [-0.2, 0) is 13.1 Å². The molecule has 0 aromatic heterocycles. The van der Waals surface area contributed by atoms with Gasteiger partial charge in [-0.05, 0) is 37.9 Å². The Morgan fingerprint density at radius 1 is 1.11 bits per heavy atom. The van der Waals surface area contributed by atoms with Crippen LogP contribution in [0.25, 0.3) is 0 Å². The van der Waals surface area contributed by atoms with E-state index in [9.17, 15) is 0 Å². The van der Waals surface area contributed by atoms with Gasteiger partial charge in [0.1, 0.15) is 0 Å². The molecule has 0 atom stereocenters. The molecule has 0 heterocycles. The molecule has 0 aliphatic carbocycles. The average Bonchev–Trinajstić information content (AvgIpc) is 2.28. The van der Waals surface area contributed by atoms with Gasteiger partial charge in [-0.1, -0.05) is 38.1 Å². The third-order valence-electron chi connectivity index (χ3n) is 3.09.